The van der Waals surface area contributed by atoms with Crippen molar-refractivity contribution in [2.24, 2.45) is 0 Å². The molecule has 3 aromatic carbocycles. The standard InChI is InChI=1S/C24H24ClFN2O3S/c1-16-14-17(2)23(18(3)15-16)32(30,31)27-12-13-28(20-10-8-19(26)9-11-20)24(29)21-6-4-5-7-22(21)25/h4-11,14-15,27H,12-13H2,1-3H3. The maximum absolute atomic E-state index is 13.4. The van der Waals surface area contributed by atoms with Crippen LogP contribution in [0.25, 0.3) is 0 Å². The van der Waals surface area contributed by atoms with Gasteiger partial charge in [-0.3, -0.25) is 4.79 Å². The van der Waals surface area contributed by atoms with Crippen LogP contribution < -0.4 is 9.62 Å². The van der Waals surface area contributed by atoms with Crippen LogP contribution in [0.5, 0.6) is 0 Å². The molecule has 168 valence electrons. The summed E-state index contributed by atoms with van der Waals surface area (Å²) in [4.78, 5) is 14.8. The number of sulfonamides is 1. The van der Waals surface area contributed by atoms with Crippen LogP contribution in [0.4, 0.5) is 10.1 Å². The molecule has 0 aromatic heterocycles. The Bertz CT molecular complexity index is 1220. The van der Waals surface area contributed by atoms with Gasteiger partial charge in [0.15, 0.2) is 0 Å². The van der Waals surface area contributed by atoms with Gasteiger partial charge in [0.05, 0.1) is 15.5 Å². The van der Waals surface area contributed by atoms with Crippen molar-refractivity contribution in [3.63, 3.8) is 0 Å². The molecule has 1 amide bonds. The zero-order valence-electron chi connectivity index (χ0n) is 18.0. The second-order valence-corrected chi connectivity index (χ2v) is 9.65. The van der Waals surface area contributed by atoms with E-state index in [9.17, 15) is 17.6 Å². The minimum absolute atomic E-state index is 0.0267. The number of nitrogens with one attached hydrogen (secondary N) is 1. The number of amides is 1. The van der Waals surface area contributed by atoms with Gasteiger partial charge < -0.3 is 4.90 Å². The Morgan fingerprint density at radius 3 is 2.19 bits per heavy atom. The number of nitrogens with zero attached hydrogens (tertiary/aromatic N) is 1. The first-order valence-electron chi connectivity index (χ1n) is 9.99. The van der Waals surface area contributed by atoms with Crippen LogP contribution in [0.1, 0.15) is 27.0 Å². The topological polar surface area (TPSA) is 66.5 Å². The molecule has 0 saturated carbocycles. The van der Waals surface area contributed by atoms with Gasteiger partial charge >= 0.3 is 0 Å². The smallest absolute Gasteiger partial charge is 0.259 e. The van der Waals surface area contributed by atoms with Crippen LogP contribution in [-0.2, 0) is 10.0 Å². The molecule has 0 radical (unpaired) electrons. The molecule has 0 bridgehead atoms. The molecule has 0 saturated heterocycles. The van der Waals surface area contributed by atoms with E-state index in [0.717, 1.165) is 5.56 Å². The number of carbonyl (C=O) groups is 1. The van der Waals surface area contributed by atoms with Crippen LogP contribution in [0.3, 0.4) is 0 Å². The summed E-state index contributed by atoms with van der Waals surface area (Å²) in [6.45, 7) is 5.40. The highest BCUT2D eigenvalue weighted by Gasteiger charge is 2.23. The molecular formula is C24H24ClFN2O3S. The molecular weight excluding hydrogens is 451 g/mol. The molecule has 8 heteroatoms. The van der Waals surface area contributed by atoms with Crippen molar-refractivity contribution in [3.8, 4) is 0 Å². The fourth-order valence-electron chi connectivity index (χ4n) is 3.70. The largest absolute Gasteiger partial charge is 0.307 e. The van der Waals surface area contributed by atoms with Gasteiger partial charge in [-0.25, -0.2) is 17.5 Å². The fraction of sp³-hybridized carbons (Fsp3) is 0.208. The van der Waals surface area contributed by atoms with Crippen LogP contribution in [0.2, 0.25) is 5.02 Å². The molecule has 32 heavy (non-hydrogen) atoms. The maximum Gasteiger partial charge on any atom is 0.259 e. The van der Waals surface area contributed by atoms with Crippen molar-refractivity contribution in [2.75, 3.05) is 18.0 Å². The second-order valence-electron chi connectivity index (χ2n) is 7.54. The summed E-state index contributed by atoms with van der Waals surface area (Å²) in [7, 11) is -3.80. The molecule has 0 unspecified atom stereocenters. The fourth-order valence-corrected chi connectivity index (χ4v) is 5.39. The molecule has 0 aliphatic rings. The quantitative estimate of drug-likeness (QED) is 0.522. The molecule has 3 rings (SSSR count). The van der Waals surface area contributed by atoms with E-state index in [1.165, 1.54) is 29.2 Å². The normalized spacial score (nSPS) is 11.4. The van der Waals surface area contributed by atoms with E-state index in [-0.39, 0.29) is 28.6 Å². The number of aryl methyl sites for hydroxylation is 3. The summed E-state index contributed by atoms with van der Waals surface area (Å²) in [5.41, 5.74) is 2.98. The summed E-state index contributed by atoms with van der Waals surface area (Å²) < 4.78 is 41.9. The van der Waals surface area contributed by atoms with Gasteiger partial charge in [0.1, 0.15) is 5.82 Å². The number of benzene rings is 3. The molecule has 0 aliphatic carbocycles. The zero-order valence-corrected chi connectivity index (χ0v) is 19.6. The predicted octanol–water partition coefficient (Wildman–Crippen LogP) is 5.03. The van der Waals surface area contributed by atoms with E-state index in [0.29, 0.717) is 16.8 Å². The lowest BCUT2D eigenvalue weighted by atomic mass is 10.1. The second kappa shape index (κ2) is 9.81. The number of hydrogen-bond acceptors (Lipinski definition) is 3. The third-order valence-corrected chi connectivity index (χ3v) is 7.08. The van der Waals surface area contributed by atoms with Crippen molar-refractivity contribution in [1.82, 2.24) is 4.72 Å². The first-order valence-corrected chi connectivity index (χ1v) is 11.9. The molecule has 0 heterocycles. The van der Waals surface area contributed by atoms with Crippen LogP contribution in [-0.4, -0.2) is 27.4 Å². The number of anilines is 1. The minimum atomic E-state index is -3.80. The van der Waals surface area contributed by atoms with Gasteiger partial charge in [-0.2, -0.15) is 0 Å². The lowest BCUT2D eigenvalue weighted by molar-refractivity contribution is 0.0987. The maximum atomic E-state index is 13.4. The highest BCUT2D eigenvalue weighted by molar-refractivity contribution is 7.89. The van der Waals surface area contributed by atoms with Crippen LogP contribution in [0.15, 0.2) is 65.6 Å². The third-order valence-electron chi connectivity index (χ3n) is 4.99. The van der Waals surface area contributed by atoms with Gasteiger partial charge in [0, 0.05) is 18.8 Å². The van der Waals surface area contributed by atoms with E-state index in [1.54, 1.807) is 38.1 Å². The summed E-state index contributed by atoms with van der Waals surface area (Å²) in [6.07, 6.45) is 0. The van der Waals surface area contributed by atoms with Gasteiger partial charge in [0.2, 0.25) is 10.0 Å². The van der Waals surface area contributed by atoms with E-state index < -0.39 is 21.7 Å². The lowest BCUT2D eigenvalue weighted by Crippen LogP contribution is -2.39. The van der Waals surface area contributed by atoms with Gasteiger partial charge in [-0.15, -0.1) is 0 Å². The molecule has 1 N–H and O–H groups in total. The number of rotatable bonds is 7. The van der Waals surface area contributed by atoms with Crippen molar-refractivity contribution in [2.45, 2.75) is 25.7 Å². The SMILES string of the molecule is Cc1cc(C)c(S(=O)(=O)NCCN(C(=O)c2ccccc2Cl)c2ccc(F)cc2)c(C)c1. The Hall–Kier alpha value is -2.74. The van der Waals surface area contributed by atoms with Crippen molar-refractivity contribution < 1.29 is 17.6 Å². The lowest BCUT2D eigenvalue weighted by Gasteiger charge is -2.24. The molecule has 0 atom stereocenters. The summed E-state index contributed by atoms with van der Waals surface area (Å²) in [5, 5.41) is 0.274. The molecule has 3 aromatic rings. The van der Waals surface area contributed by atoms with E-state index in [4.69, 9.17) is 11.6 Å². The molecule has 0 fully saturated rings. The Morgan fingerprint density at radius 1 is 1.00 bits per heavy atom. The summed E-state index contributed by atoms with van der Waals surface area (Å²) in [5.74, 6) is -0.853. The highest BCUT2D eigenvalue weighted by atomic mass is 35.5. The monoisotopic (exact) mass is 474 g/mol. The van der Waals surface area contributed by atoms with Gasteiger partial charge in [-0.05, 0) is 68.3 Å². The van der Waals surface area contributed by atoms with Crippen molar-refractivity contribution in [1.29, 1.82) is 0 Å². The van der Waals surface area contributed by atoms with Gasteiger partial charge in [0.25, 0.3) is 5.91 Å². The first-order chi connectivity index (χ1) is 15.1. The van der Waals surface area contributed by atoms with Crippen LogP contribution >= 0.6 is 11.6 Å². The number of halogens is 2. The highest BCUT2D eigenvalue weighted by Crippen LogP contribution is 2.23. The summed E-state index contributed by atoms with van der Waals surface area (Å²) >= 11 is 6.19. The van der Waals surface area contributed by atoms with E-state index in [2.05, 4.69) is 4.72 Å². The van der Waals surface area contributed by atoms with Crippen LogP contribution in [0, 0.1) is 26.6 Å². The Morgan fingerprint density at radius 2 is 1.59 bits per heavy atom. The number of hydrogen-bond donors (Lipinski definition) is 1. The average Bonchev–Trinajstić information content (AvgIpc) is 2.71. The zero-order chi connectivity index (χ0) is 23.5. The van der Waals surface area contributed by atoms with Gasteiger partial charge in [-0.1, -0.05) is 41.4 Å². The Balaban J connectivity index is 1.85. The first kappa shape index (κ1) is 23.9. The van der Waals surface area contributed by atoms with Crippen molar-refractivity contribution in [3.05, 3.63) is 93.8 Å². The molecule has 0 aliphatic heterocycles. The average molecular weight is 475 g/mol. The molecule has 5 nitrogen and oxygen atoms in total. The molecule has 0 spiro atoms. The summed E-state index contributed by atoms with van der Waals surface area (Å²) in [6, 6.07) is 15.6. The Kier molecular flexibility index (Phi) is 7.33. The number of carbonyl (C=O) groups excluding carboxylic acids is 1. The van der Waals surface area contributed by atoms with E-state index in [1.807, 2.05) is 19.1 Å². The minimum Gasteiger partial charge on any atom is -0.307 e. The third kappa shape index (κ3) is 5.35. The van der Waals surface area contributed by atoms with E-state index >= 15 is 0 Å². The van der Waals surface area contributed by atoms with Crippen molar-refractivity contribution >= 4 is 33.2 Å². The predicted molar refractivity (Wildman–Crippen MR) is 125 cm³/mol. The Labute approximate surface area is 192 Å².